The molecule has 1 N–H and O–H groups in total. The third-order valence-electron chi connectivity index (χ3n) is 4.81. The Hall–Kier alpha value is -2.74. The van der Waals surface area contributed by atoms with Crippen molar-refractivity contribution in [3.8, 4) is 5.75 Å². The summed E-state index contributed by atoms with van der Waals surface area (Å²) in [4.78, 5) is 29.5. The molecule has 3 heterocycles. The number of aromatic nitrogens is 3. The van der Waals surface area contributed by atoms with Gasteiger partial charge in [0.25, 0.3) is 5.91 Å². The fraction of sp³-hybridized carbons (Fsp3) is 0.500. The Labute approximate surface area is 165 Å². The maximum Gasteiger partial charge on any atom is 0.261 e. The second-order valence-corrected chi connectivity index (χ2v) is 7.28. The monoisotopic (exact) mass is 385 g/mol. The highest BCUT2D eigenvalue weighted by Gasteiger charge is 2.33. The summed E-state index contributed by atoms with van der Waals surface area (Å²) in [5.74, 6) is 1.70. The lowest BCUT2D eigenvalue weighted by molar-refractivity contribution is -0.138. The summed E-state index contributed by atoms with van der Waals surface area (Å²) in [5.41, 5.74) is 0.903. The largest absolute Gasteiger partial charge is 0.482 e. The van der Waals surface area contributed by atoms with Gasteiger partial charge in [0.15, 0.2) is 12.4 Å². The number of nitrogens with zero attached hydrogens (tertiary/aromatic N) is 5. The van der Waals surface area contributed by atoms with Crippen LogP contribution in [0.5, 0.6) is 5.75 Å². The number of aliphatic hydroxyl groups excluding tert-OH is 1. The van der Waals surface area contributed by atoms with E-state index < -0.39 is 6.10 Å². The van der Waals surface area contributed by atoms with Crippen LogP contribution in [0.3, 0.4) is 0 Å². The highest BCUT2D eigenvalue weighted by Crippen LogP contribution is 2.22. The highest BCUT2D eigenvalue weighted by molar-refractivity contribution is 5.78. The van der Waals surface area contributed by atoms with Crippen LogP contribution in [0, 0.1) is 6.92 Å². The van der Waals surface area contributed by atoms with Gasteiger partial charge < -0.3 is 19.6 Å². The van der Waals surface area contributed by atoms with E-state index in [0.717, 1.165) is 11.5 Å². The summed E-state index contributed by atoms with van der Waals surface area (Å²) in [7, 11) is 0. The standard InChI is InChI=1S/C20H27N5O3/c1-13-5-6-17(9-22-13)28-12-19(27)25-14(2)10-24(11-15(25)3)18-7-8-21-20(23-18)16(4)26/h5-9,14-16,26H,10-12H2,1-4H3. The number of aliphatic hydroxyl groups is 1. The molecule has 0 aliphatic carbocycles. The van der Waals surface area contributed by atoms with Gasteiger partial charge in [0.05, 0.1) is 6.20 Å². The summed E-state index contributed by atoms with van der Waals surface area (Å²) in [5, 5.41) is 9.72. The lowest BCUT2D eigenvalue weighted by Crippen LogP contribution is -2.59. The molecule has 0 radical (unpaired) electrons. The molecule has 0 aromatic carbocycles. The number of amides is 1. The second-order valence-electron chi connectivity index (χ2n) is 7.28. The molecule has 1 aliphatic heterocycles. The summed E-state index contributed by atoms with van der Waals surface area (Å²) >= 11 is 0. The third kappa shape index (κ3) is 4.56. The molecular weight excluding hydrogens is 358 g/mol. The number of ether oxygens (including phenoxy) is 1. The van der Waals surface area contributed by atoms with Crippen molar-refractivity contribution in [2.24, 2.45) is 0 Å². The molecule has 150 valence electrons. The van der Waals surface area contributed by atoms with Crippen LogP contribution >= 0.6 is 0 Å². The van der Waals surface area contributed by atoms with Crippen molar-refractivity contribution in [3.05, 3.63) is 42.1 Å². The number of pyridine rings is 1. The van der Waals surface area contributed by atoms with E-state index in [2.05, 4.69) is 19.9 Å². The molecule has 8 nitrogen and oxygen atoms in total. The Morgan fingerprint density at radius 3 is 2.57 bits per heavy atom. The fourth-order valence-electron chi connectivity index (χ4n) is 3.50. The zero-order valence-electron chi connectivity index (χ0n) is 16.7. The molecule has 3 atom stereocenters. The average Bonchev–Trinajstić information content (AvgIpc) is 2.67. The number of hydrogen-bond donors (Lipinski definition) is 1. The number of rotatable bonds is 5. The van der Waals surface area contributed by atoms with E-state index >= 15 is 0 Å². The van der Waals surface area contributed by atoms with Crippen LogP contribution in [0.25, 0.3) is 0 Å². The van der Waals surface area contributed by atoms with Gasteiger partial charge in [-0.15, -0.1) is 0 Å². The molecule has 1 amide bonds. The van der Waals surface area contributed by atoms with E-state index in [4.69, 9.17) is 4.74 Å². The molecule has 3 rings (SSSR count). The van der Waals surface area contributed by atoms with Crippen molar-refractivity contribution >= 4 is 11.7 Å². The quantitative estimate of drug-likeness (QED) is 0.838. The lowest BCUT2D eigenvalue weighted by atomic mass is 10.1. The summed E-state index contributed by atoms with van der Waals surface area (Å²) in [6.07, 6.45) is 2.56. The molecule has 2 aromatic rings. The van der Waals surface area contributed by atoms with Gasteiger partial charge >= 0.3 is 0 Å². The first-order valence-corrected chi connectivity index (χ1v) is 9.47. The first-order valence-electron chi connectivity index (χ1n) is 9.47. The summed E-state index contributed by atoms with van der Waals surface area (Å²) in [6.45, 7) is 8.87. The van der Waals surface area contributed by atoms with Gasteiger partial charge in [-0.2, -0.15) is 0 Å². The van der Waals surface area contributed by atoms with E-state index in [-0.39, 0.29) is 24.6 Å². The zero-order valence-corrected chi connectivity index (χ0v) is 16.7. The number of anilines is 1. The van der Waals surface area contributed by atoms with Crippen LogP contribution in [-0.4, -0.2) is 62.6 Å². The average molecular weight is 385 g/mol. The van der Waals surface area contributed by atoms with Crippen LogP contribution in [0.4, 0.5) is 5.82 Å². The Morgan fingerprint density at radius 2 is 1.96 bits per heavy atom. The first kappa shape index (κ1) is 20.0. The maximum atomic E-state index is 12.7. The van der Waals surface area contributed by atoms with Gasteiger partial charge in [0.1, 0.15) is 17.7 Å². The molecule has 0 saturated carbocycles. The number of hydrogen-bond acceptors (Lipinski definition) is 7. The normalized spacial score (nSPS) is 20.8. The number of carbonyl (C=O) groups excluding carboxylic acids is 1. The second kappa shape index (κ2) is 8.52. The Morgan fingerprint density at radius 1 is 1.25 bits per heavy atom. The van der Waals surface area contributed by atoms with Crippen LogP contribution in [0.1, 0.15) is 38.4 Å². The summed E-state index contributed by atoms with van der Waals surface area (Å²) < 4.78 is 5.61. The van der Waals surface area contributed by atoms with Crippen LogP contribution in [-0.2, 0) is 4.79 Å². The van der Waals surface area contributed by atoms with E-state index in [1.807, 2.05) is 43.9 Å². The van der Waals surface area contributed by atoms with Crippen molar-refractivity contribution in [2.45, 2.75) is 45.9 Å². The third-order valence-corrected chi connectivity index (χ3v) is 4.81. The van der Waals surface area contributed by atoms with Gasteiger partial charge in [0, 0.05) is 37.1 Å². The van der Waals surface area contributed by atoms with E-state index in [1.54, 1.807) is 19.3 Å². The van der Waals surface area contributed by atoms with Crippen LogP contribution < -0.4 is 9.64 Å². The minimum atomic E-state index is -0.717. The number of piperazine rings is 1. The Kier molecular flexibility index (Phi) is 6.08. The molecule has 1 saturated heterocycles. The van der Waals surface area contributed by atoms with Crippen molar-refractivity contribution < 1.29 is 14.6 Å². The van der Waals surface area contributed by atoms with E-state index in [0.29, 0.717) is 24.7 Å². The predicted molar refractivity (Wildman–Crippen MR) is 105 cm³/mol. The van der Waals surface area contributed by atoms with Gasteiger partial charge in [-0.25, -0.2) is 9.97 Å². The molecular formula is C20H27N5O3. The molecule has 3 unspecified atom stereocenters. The number of aryl methyl sites for hydroxylation is 1. The van der Waals surface area contributed by atoms with Crippen molar-refractivity contribution in [2.75, 3.05) is 24.6 Å². The predicted octanol–water partition coefficient (Wildman–Crippen LogP) is 1.74. The maximum absolute atomic E-state index is 12.7. The van der Waals surface area contributed by atoms with E-state index in [9.17, 15) is 9.90 Å². The van der Waals surface area contributed by atoms with Gasteiger partial charge in [-0.1, -0.05) is 0 Å². The van der Waals surface area contributed by atoms with Gasteiger partial charge in [-0.05, 0) is 45.9 Å². The zero-order chi connectivity index (χ0) is 20.3. The molecule has 1 fully saturated rings. The molecule has 2 aromatic heterocycles. The minimum absolute atomic E-state index is 0.000887. The molecule has 0 spiro atoms. The molecule has 28 heavy (non-hydrogen) atoms. The van der Waals surface area contributed by atoms with Crippen LogP contribution in [0.2, 0.25) is 0 Å². The van der Waals surface area contributed by atoms with Gasteiger partial charge in [-0.3, -0.25) is 9.78 Å². The van der Waals surface area contributed by atoms with Gasteiger partial charge in [0.2, 0.25) is 0 Å². The van der Waals surface area contributed by atoms with Crippen molar-refractivity contribution in [1.29, 1.82) is 0 Å². The molecule has 8 heteroatoms. The van der Waals surface area contributed by atoms with Crippen molar-refractivity contribution in [1.82, 2.24) is 19.9 Å². The topological polar surface area (TPSA) is 91.7 Å². The fourth-order valence-corrected chi connectivity index (χ4v) is 3.50. The Bertz CT molecular complexity index is 800. The van der Waals surface area contributed by atoms with Crippen LogP contribution in [0.15, 0.2) is 30.6 Å². The van der Waals surface area contributed by atoms with E-state index in [1.165, 1.54) is 0 Å². The van der Waals surface area contributed by atoms with Crippen molar-refractivity contribution in [3.63, 3.8) is 0 Å². The molecule has 0 bridgehead atoms. The first-order chi connectivity index (χ1) is 13.3. The number of carbonyl (C=O) groups is 1. The lowest BCUT2D eigenvalue weighted by Gasteiger charge is -2.44. The summed E-state index contributed by atoms with van der Waals surface area (Å²) in [6, 6.07) is 5.50. The Balaban J connectivity index is 1.63. The smallest absolute Gasteiger partial charge is 0.261 e. The highest BCUT2D eigenvalue weighted by atomic mass is 16.5. The SMILES string of the molecule is Cc1ccc(OCC(=O)N2C(C)CN(c3ccnc(C(C)O)n3)CC2C)cn1. The molecule has 1 aliphatic rings. The minimum Gasteiger partial charge on any atom is -0.482 e.